The summed E-state index contributed by atoms with van der Waals surface area (Å²) >= 11 is 0. The molecule has 0 spiro atoms. The number of anilines is 1. The maximum Gasteiger partial charge on any atom is 0.341 e. The van der Waals surface area contributed by atoms with Crippen LogP contribution in [-0.4, -0.2) is 34.8 Å². The molecule has 2 fully saturated rings. The normalized spacial score (nSPS) is 18.5. The first-order valence-corrected chi connectivity index (χ1v) is 8.69. The summed E-state index contributed by atoms with van der Waals surface area (Å²) in [6, 6.07) is 0.912. The van der Waals surface area contributed by atoms with E-state index in [1.165, 1.54) is 10.8 Å². The number of hydrogen-bond acceptors (Lipinski definition) is 4. The number of rotatable bonds is 3. The van der Waals surface area contributed by atoms with Gasteiger partial charge in [-0.05, 0) is 31.7 Å². The van der Waals surface area contributed by atoms with Gasteiger partial charge in [0.1, 0.15) is 17.1 Å². The highest BCUT2D eigenvalue weighted by molar-refractivity contribution is 5.94. The van der Waals surface area contributed by atoms with Gasteiger partial charge >= 0.3 is 5.97 Å². The monoisotopic (exact) mass is 363 g/mol. The van der Waals surface area contributed by atoms with Gasteiger partial charge in [0, 0.05) is 31.4 Å². The zero-order chi connectivity index (χ0) is 18.6. The van der Waals surface area contributed by atoms with Gasteiger partial charge in [-0.1, -0.05) is 0 Å². The summed E-state index contributed by atoms with van der Waals surface area (Å²) in [5.41, 5.74) is 4.34. The second kappa shape index (κ2) is 6.05. The number of piperidine rings is 1. The molecule has 0 radical (unpaired) electrons. The quantitative estimate of drug-likeness (QED) is 0.873. The maximum atomic E-state index is 15.4. The minimum Gasteiger partial charge on any atom is -0.477 e. The summed E-state index contributed by atoms with van der Waals surface area (Å²) in [4.78, 5) is 25.4. The highest BCUT2D eigenvalue weighted by Crippen LogP contribution is 2.39. The molecule has 1 aromatic heterocycles. The van der Waals surface area contributed by atoms with E-state index >= 15 is 4.39 Å². The van der Waals surface area contributed by atoms with E-state index < -0.39 is 28.6 Å². The lowest BCUT2D eigenvalue weighted by Gasteiger charge is -2.32. The SMILES string of the molecule is NC1CCN(c2c(F)cc3c(=O)c(C(=O)O)cn(C4CC4)c3c2F)CC1. The molecule has 2 heterocycles. The van der Waals surface area contributed by atoms with Crippen LogP contribution in [0.25, 0.3) is 10.9 Å². The number of carboxylic acids is 1. The summed E-state index contributed by atoms with van der Waals surface area (Å²) in [6.07, 6.45) is 3.97. The van der Waals surface area contributed by atoms with Crippen LogP contribution >= 0.6 is 0 Å². The molecule has 26 heavy (non-hydrogen) atoms. The number of nitrogens with two attached hydrogens (primary N) is 1. The molecule has 4 rings (SSSR count). The molecule has 1 saturated heterocycles. The molecular weight excluding hydrogens is 344 g/mol. The Morgan fingerprint density at radius 2 is 1.85 bits per heavy atom. The fraction of sp³-hybridized carbons (Fsp3) is 0.444. The number of aromatic nitrogens is 1. The number of halogens is 2. The summed E-state index contributed by atoms with van der Waals surface area (Å²) in [5, 5.41) is 9.02. The number of fused-ring (bicyclic) bond motifs is 1. The second-order valence-corrected chi connectivity index (χ2v) is 7.06. The number of carbonyl (C=O) groups is 1. The van der Waals surface area contributed by atoms with Crippen LogP contribution in [0.4, 0.5) is 14.5 Å². The van der Waals surface area contributed by atoms with E-state index in [0.717, 1.165) is 18.9 Å². The van der Waals surface area contributed by atoms with Crippen LogP contribution in [0, 0.1) is 11.6 Å². The van der Waals surface area contributed by atoms with Crippen molar-refractivity contribution in [3.63, 3.8) is 0 Å². The van der Waals surface area contributed by atoms with Gasteiger partial charge in [-0.25, -0.2) is 13.6 Å². The fourth-order valence-electron chi connectivity index (χ4n) is 3.64. The third-order valence-corrected chi connectivity index (χ3v) is 5.21. The Morgan fingerprint density at radius 1 is 1.19 bits per heavy atom. The molecule has 1 aromatic carbocycles. The smallest absolute Gasteiger partial charge is 0.341 e. The first-order chi connectivity index (χ1) is 12.4. The Bertz CT molecular complexity index is 961. The summed E-state index contributed by atoms with van der Waals surface area (Å²) in [5.74, 6) is -3.06. The van der Waals surface area contributed by atoms with Crippen molar-refractivity contribution in [1.82, 2.24) is 4.57 Å². The van der Waals surface area contributed by atoms with E-state index in [1.807, 2.05) is 0 Å². The molecule has 2 aromatic rings. The Hall–Kier alpha value is -2.48. The van der Waals surface area contributed by atoms with Crippen LogP contribution in [0.15, 0.2) is 17.1 Å². The number of nitrogens with zero attached hydrogens (tertiary/aromatic N) is 2. The van der Waals surface area contributed by atoms with Gasteiger partial charge in [-0.15, -0.1) is 0 Å². The number of carboxylic acid groups (broad SMARTS) is 1. The lowest BCUT2D eigenvalue weighted by atomic mass is 10.0. The molecule has 0 unspecified atom stereocenters. The molecule has 6 nitrogen and oxygen atoms in total. The lowest BCUT2D eigenvalue weighted by Crippen LogP contribution is -2.40. The zero-order valence-electron chi connectivity index (χ0n) is 14.0. The Balaban J connectivity index is 1.97. The molecule has 0 atom stereocenters. The molecule has 2 aliphatic rings. The van der Waals surface area contributed by atoms with Crippen LogP contribution in [-0.2, 0) is 0 Å². The predicted molar refractivity (Wildman–Crippen MR) is 92.8 cm³/mol. The number of aromatic carboxylic acids is 1. The molecule has 8 heteroatoms. The molecular formula is C18H19F2N3O3. The van der Waals surface area contributed by atoms with E-state index in [9.17, 15) is 19.1 Å². The van der Waals surface area contributed by atoms with E-state index in [0.29, 0.717) is 25.9 Å². The van der Waals surface area contributed by atoms with Gasteiger partial charge in [0.25, 0.3) is 0 Å². The average Bonchev–Trinajstić information content (AvgIpc) is 3.42. The Kier molecular flexibility index (Phi) is 3.95. The highest BCUT2D eigenvalue weighted by Gasteiger charge is 2.31. The van der Waals surface area contributed by atoms with Crippen LogP contribution in [0.5, 0.6) is 0 Å². The van der Waals surface area contributed by atoms with Crippen molar-refractivity contribution in [2.45, 2.75) is 37.8 Å². The largest absolute Gasteiger partial charge is 0.477 e. The predicted octanol–water partition coefficient (Wildman–Crippen LogP) is 2.24. The van der Waals surface area contributed by atoms with Crippen molar-refractivity contribution in [3.8, 4) is 0 Å². The Labute approximate surface area is 147 Å². The van der Waals surface area contributed by atoms with Gasteiger partial charge in [-0.3, -0.25) is 4.79 Å². The van der Waals surface area contributed by atoms with Crippen LogP contribution in [0.1, 0.15) is 42.1 Å². The van der Waals surface area contributed by atoms with E-state index in [1.54, 1.807) is 4.90 Å². The summed E-state index contributed by atoms with van der Waals surface area (Å²) in [7, 11) is 0. The molecule has 1 aliphatic heterocycles. The fourth-order valence-corrected chi connectivity index (χ4v) is 3.64. The Morgan fingerprint density at radius 3 is 2.42 bits per heavy atom. The second-order valence-electron chi connectivity index (χ2n) is 7.06. The average molecular weight is 363 g/mol. The molecule has 0 bridgehead atoms. The van der Waals surface area contributed by atoms with Gasteiger partial charge < -0.3 is 20.3 Å². The topological polar surface area (TPSA) is 88.6 Å². The summed E-state index contributed by atoms with van der Waals surface area (Å²) < 4.78 is 31.5. The minimum absolute atomic E-state index is 0.0144. The number of hydrogen-bond donors (Lipinski definition) is 2. The first-order valence-electron chi connectivity index (χ1n) is 8.69. The molecule has 1 aliphatic carbocycles. The van der Waals surface area contributed by atoms with Crippen LogP contribution < -0.4 is 16.1 Å². The first kappa shape index (κ1) is 17.0. The number of pyridine rings is 1. The van der Waals surface area contributed by atoms with Gasteiger partial charge in [0.05, 0.1) is 10.9 Å². The van der Waals surface area contributed by atoms with Crippen molar-refractivity contribution in [2.75, 3.05) is 18.0 Å². The molecule has 3 N–H and O–H groups in total. The zero-order valence-corrected chi connectivity index (χ0v) is 14.0. The molecule has 0 amide bonds. The van der Waals surface area contributed by atoms with Crippen molar-refractivity contribution in [3.05, 3.63) is 39.7 Å². The van der Waals surface area contributed by atoms with Crippen molar-refractivity contribution >= 4 is 22.6 Å². The highest BCUT2D eigenvalue weighted by atomic mass is 19.1. The van der Waals surface area contributed by atoms with Crippen molar-refractivity contribution in [1.29, 1.82) is 0 Å². The van der Waals surface area contributed by atoms with Gasteiger partial charge in [-0.2, -0.15) is 0 Å². The third-order valence-electron chi connectivity index (χ3n) is 5.21. The summed E-state index contributed by atoms with van der Waals surface area (Å²) in [6.45, 7) is 0.864. The maximum absolute atomic E-state index is 15.4. The van der Waals surface area contributed by atoms with Crippen molar-refractivity contribution < 1.29 is 18.7 Å². The van der Waals surface area contributed by atoms with Gasteiger partial charge in [0.15, 0.2) is 5.82 Å². The third kappa shape index (κ3) is 2.65. The van der Waals surface area contributed by atoms with Crippen LogP contribution in [0.3, 0.4) is 0 Å². The number of benzene rings is 1. The molecule has 1 saturated carbocycles. The molecule has 138 valence electrons. The van der Waals surface area contributed by atoms with E-state index in [2.05, 4.69) is 0 Å². The van der Waals surface area contributed by atoms with Crippen molar-refractivity contribution in [2.24, 2.45) is 5.73 Å². The van der Waals surface area contributed by atoms with Gasteiger partial charge in [0.2, 0.25) is 5.43 Å². The van der Waals surface area contributed by atoms with E-state index in [4.69, 9.17) is 5.73 Å². The van der Waals surface area contributed by atoms with E-state index in [-0.39, 0.29) is 28.7 Å². The lowest BCUT2D eigenvalue weighted by molar-refractivity contribution is 0.0695. The van der Waals surface area contributed by atoms with Crippen LogP contribution in [0.2, 0.25) is 0 Å². The standard InChI is InChI=1S/C18H19F2N3O3/c19-13-7-11-15(14(20)16(13)22-5-3-9(21)4-6-22)23(10-1-2-10)8-12(17(11)24)18(25)26/h7-10H,1-6,21H2,(H,25,26). The minimum atomic E-state index is -1.40.